The summed E-state index contributed by atoms with van der Waals surface area (Å²) < 4.78 is 5.12. The van der Waals surface area contributed by atoms with E-state index < -0.39 is 5.41 Å². The van der Waals surface area contributed by atoms with E-state index in [-0.39, 0.29) is 11.9 Å². The van der Waals surface area contributed by atoms with Gasteiger partial charge in [0.05, 0.1) is 12.5 Å². The Morgan fingerprint density at radius 1 is 1.36 bits per heavy atom. The number of carbonyl (C=O) groups is 1. The predicted molar refractivity (Wildman–Crippen MR) is 87.9 cm³/mol. The lowest BCUT2D eigenvalue weighted by atomic mass is 9.66. The number of hydrogen-bond acceptors (Lipinski definition) is 3. The molecule has 3 heteroatoms. The number of fused-ring (bicyclic) bond motifs is 1. The maximum Gasteiger partial charge on any atom is 0.311 e. The summed E-state index contributed by atoms with van der Waals surface area (Å²) >= 11 is 0. The number of aryl methyl sites for hydroxylation is 1. The molecule has 0 heterocycles. The van der Waals surface area contributed by atoms with Gasteiger partial charge in [-0.05, 0) is 61.8 Å². The molecule has 0 amide bonds. The largest absolute Gasteiger partial charge is 0.508 e. The number of phenolic OH excluding ortho intramolecular Hbond substituents is 1. The first-order valence-corrected chi connectivity index (χ1v) is 8.40. The molecule has 0 saturated carbocycles. The molecule has 0 aliphatic heterocycles. The zero-order valence-electron chi connectivity index (χ0n) is 14.0. The van der Waals surface area contributed by atoms with E-state index >= 15 is 0 Å². The van der Waals surface area contributed by atoms with Crippen molar-refractivity contribution in [3.05, 3.63) is 29.3 Å². The van der Waals surface area contributed by atoms with E-state index in [9.17, 15) is 9.90 Å². The Labute approximate surface area is 133 Å². The standard InChI is InChI=1S/C19H28O3/c1-4-5-6-11-19(2,18(21)22-3)16-9-7-14-8-10-17(20)13-15(14)12-16/h8,10,13,16,20H,4-7,9,11-12H2,1-3H3/t16-,19?/m1/s1. The van der Waals surface area contributed by atoms with Gasteiger partial charge in [0.2, 0.25) is 0 Å². The first kappa shape index (κ1) is 16.9. The van der Waals surface area contributed by atoms with Crippen molar-refractivity contribution in [1.29, 1.82) is 0 Å². The molecule has 2 rings (SSSR count). The molecular formula is C19H28O3. The van der Waals surface area contributed by atoms with Gasteiger partial charge in [0, 0.05) is 0 Å². The van der Waals surface area contributed by atoms with Crippen molar-refractivity contribution in [2.24, 2.45) is 11.3 Å². The number of carbonyl (C=O) groups excluding carboxylic acids is 1. The summed E-state index contributed by atoms with van der Waals surface area (Å²) in [6.45, 7) is 4.24. The normalized spacial score (nSPS) is 20.0. The first-order valence-electron chi connectivity index (χ1n) is 8.40. The van der Waals surface area contributed by atoms with Gasteiger partial charge in [-0.25, -0.2) is 0 Å². The molecule has 1 unspecified atom stereocenters. The van der Waals surface area contributed by atoms with Crippen LogP contribution in [0, 0.1) is 11.3 Å². The fourth-order valence-electron chi connectivity index (χ4n) is 3.74. The molecule has 122 valence electrons. The van der Waals surface area contributed by atoms with E-state index in [1.165, 1.54) is 18.2 Å². The zero-order valence-corrected chi connectivity index (χ0v) is 14.0. The van der Waals surface area contributed by atoms with E-state index in [1.54, 1.807) is 6.07 Å². The molecule has 0 spiro atoms. The van der Waals surface area contributed by atoms with Crippen LogP contribution in [-0.2, 0) is 22.4 Å². The van der Waals surface area contributed by atoms with Crippen LogP contribution in [0.1, 0.15) is 57.1 Å². The smallest absolute Gasteiger partial charge is 0.311 e. The highest BCUT2D eigenvalue weighted by Crippen LogP contribution is 2.42. The van der Waals surface area contributed by atoms with E-state index in [1.807, 2.05) is 12.1 Å². The third kappa shape index (κ3) is 3.45. The minimum atomic E-state index is -0.424. The van der Waals surface area contributed by atoms with Crippen LogP contribution in [0.2, 0.25) is 0 Å². The molecule has 2 atom stereocenters. The predicted octanol–water partition coefficient (Wildman–Crippen LogP) is 4.26. The van der Waals surface area contributed by atoms with Gasteiger partial charge >= 0.3 is 5.97 Å². The topological polar surface area (TPSA) is 46.5 Å². The summed E-state index contributed by atoms with van der Waals surface area (Å²) in [4.78, 5) is 12.4. The van der Waals surface area contributed by atoms with Crippen LogP contribution in [0.25, 0.3) is 0 Å². The van der Waals surface area contributed by atoms with Crippen LogP contribution >= 0.6 is 0 Å². The molecule has 1 aromatic rings. The van der Waals surface area contributed by atoms with Crippen molar-refractivity contribution in [1.82, 2.24) is 0 Å². The minimum absolute atomic E-state index is 0.0859. The maximum atomic E-state index is 12.4. The Hall–Kier alpha value is -1.51. The van der Waals surface area contributed by atoms with Gasteiger partial charge in [0.1, 0.15) is 5.75 Å². The van der Waals surface area contributed by atoms with Gasteiger partial charge in [0.25, 0.3) is 0 Å². The van der Waals surface area contributed by atoms with Crippen molar-refractivity contribution in [2.45, 2.75) is 58.8 Å². The van der Waals surface area contributed by atoms with Crippen LogP contribution in [0.3, 0.4) is 0 Å². The van der Waals surface area contributed by atoms with Crippen molar-refractivity contribution in [2.75, 3.05) is 7.11 Å². The lowest BCUT2D eigenvalue weighted by molar-refractivity contribution is -0.156. The second-order valence-electron chi connectivity index (χ2n) is 6.76. The number of phenols is 1. The molecule has 22 heavy (non-hydrogen) atoms. The van der Waals surface area contributed by atoms with Crippen molar-refractivity contribution < 1.29 is 14.6 Å². The van der Waals surface area contributed by atoms with Crippen LogP contribution in [-0.4, -0.2) is 18.2 Å². The molecule has 3 nitrogen and oxygen atoms in total. The summed E-state index contributed by atoms with van der Waals surface area (Å²) in [7, 11) is 1.49. The summed E-state index contributed by atoms with van der Waals surface area (Å²) in [5, 5.41) is 9.71. The number of methoxy groups -OCH3 is 1. The van der Waals surface area contributed by atoms with Crippen LogP contribution in [0.5, 0.6) is 5.75 Å². The van der Waals surface area contributed by atoms with Crippen LogP contribution in [0.15, 0.2) is 18.2 Å². The average molecular weight is 304 g/mol. The number of unbranched alkanes of at least 4 members (excludes halogenated alkanes) is 2. The Morgan fingerprint density at radius 3 is 2.82 bits per heavy atom. The quantitative estimate of drug-likeness (QED) is 0.631. The molecular weight excluding hydrogens is 276 g/mol. The second-order valence-corrected chi connectivity index (χ2v) is 6.76. The van der Waals surface area contributed by atoms with E-state index in [0.29, 0.717) is 5.75 Å². The fourth-order valence-corrected chi connectivity index (χ4v) is 3.74. The third-order valence-electron chi connectivity index (χ3n) is 5.27. The van der Waals surface area contributed by atoms with Gasteiger partial charge in [0.15, 0.2) is 0 Å². The molecule has 0 fully saturated rings. The Balaban J connectivity index is 2.20. The molecule has 1 aromatic carbocycles. The van der Waals surface area contributed by atoms with Crippen LogP contribution in [0.4, 0.5) is 0 Å². The highest BCUT2D eigenvalue weighted by molar-refractivity contribution is 5.76. The van der Waals surface area contributed by atoms with Gasteiger partial charge < -0.3 is 9.84 Å². The number of benzene rings is 1. The number of ether oxygens (including phenoxy) is 1. The zero-order chi connectivity index (χ0) is 16.2. The monoisotopic (exact) mass is 304 g/mol. The molecule has 0 radical (unpaired) electrons. The molecule has 1 aliphatic carbocycles. The van der Waals surface area contributed by atoms with E-state index in [4.69, 9.17) is 4.74 Å². The lowest BCUT2D eigenvalue weighted by Crippen LogP contribution is -2.40. The molecule has 0 bridgehead atoms. The number of aromatic hydroxyl groups is 1. The fraction of sp³-hybridized carbons (Fsp3) is 0.632. The Morgan fingerprint density at radius 2 is 2.14 bits per heavy atom. The van der Waals surface area contributed by atoms with E-state index in [2.05, 4.69) is 13.8 Å². The third-order valence-corrected chi connectivity index (χ3v) is 5.27. The molecule has 1 aliphatic rings. The summed E-state index contributed by atoms with van der Waals surface area (Å²) in [5.41, 5.74) is 2.06. The Kier molecular flexibility index (Phi) is 5.49. The number of esters is 1. The van der Waals surface area contributed by atoms with Crippen molar-refractivity contribution in [3.8, 4) is 5.75 Å². The minimum Gasteiger partial charge on any atom is -0.508 e. The Bertz CT molecular complexity index is 523. The van der Waals surface area contributed by atoms with Crippen molar-refractivity contribution in [3.63, 3.8) is 0 Å². The van der Waals surface area contributed by atoms with Gasteiger partial charge in [-0.1, -0.05) is 32.3 Å². The molecule has 1 N–H and O–H groups in total. The number of hydrogen-bond donors (Lipinski definition) is 1. The highest BCUT2D eigenvalue weighted by Gasteiger charge is 2.42. The van der Waals surface area contributed by atoms with E-state index in [0.717, 1.165) is 44.9 Å². The second kappa shape index (κ2) is 7.17. The number of rotatable bonds is 6. The molecule has 0 saturated heterocycles. The lowest BCUT2D eigenvalue weighted by Gasteiger charge is -2.38. The molecule has 0 aromatic heterocycles. The van der Waals surface area contributed by atoms with Crippen LogP contribution < -0.4 is 0 Å². The van der Waals surface area contributed by atoms with Crippen molar-refractivity contribution >= 4 is 5.97 Å². The maximum absolute atomic E-state index is 12.4. The summed E-state index contributed by atoms with van der Waals surface area (Å²) in [6, 6.07) is 5.61. The van der Waals surface area contributed by atoms with Gasteiger partial charge in [-0.2, -0.15) is 0 Å². The van der Waals surface area contributed by atoms with Gasteiger partial charge in [-0.15, -0.1) is 0 Å². The van der Waals surface area contributed by atoms with Gasteiger partial charge in [-0.3, -0.25) is 4.79 Å². The summed E-state index contributed by atoms with van der Waals surface area (Å²) in [6.07, 6.45) is 7.07. The SMILES string of the molecule is CCCCCC(C)(C(=O)OC)[C@@H]1CCc2ccc(O)cc2C1. The average Bonchev–Trinajstić information content (AvgIpc) is 2.53. The highest BCUT2D eigenvalue weighted by atomic mass is 16.5. The first-order chi connectivity index (χ1) is 10.5. The summed E-state index contributed by atoms with van der Waals surface area (Å²) in [5.74, 6) is 0.508.